The van der Waals surface area contributed by atoms with Gasteiger partial charge in [0.25, 0.3) is 0 Å². The maximum atomic E-state index is 12.9. The maximum absolute atomic E-state index is 12.9. The molecule has 2 aliphatic rings. The van der Waals surface area contributed by atoms with Crippen LogP contribution >= 0.6 is 15.9 Å². The number of carbonyl (C=O) groups excluding carboxylic acids is 1. The van der Waals surface area contributed by atoms with Gasteiger partial charge in [0.05, 0.1) is 0 Å². The first-order valence-corrected chi connectivity index (χ1v) is 8.66. The van der Waals surface area contributed by atoms with Gasteiger partial charge in [0.2, 0.25) is 5.91 Å². The normalized spacial score (nSPS) is 23.4. The molecule has 0 unspecified atom stereocenters. The fourth-order valence-corrected chi connectivity index (χ4v) is 3.52. The molecule has 0 saturated heterocycles. The summed E-state index contributed by atoms with van der Waals surface area (Å²) in [5, 5.41) is 1.00. The number of nitrogens with zero attached hydrogens (tertiary/aromatic N) is 1. The SMILES string of the molecule is CC1(C(=O)N(CCCBr)C2CCC2)CCCCC1. The molecule has 0 heterocycles. The number of rotatable bonds is 5. The van der Waals surface area contributed by atoms with Crippen LogP contribution in [0.4, 0.5) is 0 Å². The first-order valence-electron chi connectivity index (χ1n) is 7.54. The topological polar surface area (TPSA) is 20.3 Å². The monoisotopic (exact) mass is 315 g/mol. The molecule has 0 spiro atoms. The van der Waals surface area contributed by atoms with Crippen LogP contribution < -0.4 is 0 Å². The second-order valence-corrected chi connectivity index (χ2v) is 7.04. The van der Waals surface area contributed by atoms with E-state index in [0.717, 1.165) is 31.1 Å². The first-order chi connectivity index (χ1) is 8.67. The summed E-state index contributed by atoms with van der Waals surface area (Å²) in [6.07, 6.45) is 10.8. The van der Waals surface area contributed by atoms with Crippen molar-refractivity contribution in [1.29, 1.82) is 0 Å². The molecule has 2 fully saturated rings. The third kappa shape index (κ3) is 3.09. The Labute approximate surface area is 120 Å². The summed E-state index contributed by atoms with van der Waals surface area (Å²) in [4.78, 5) is 15.1. The lowest BCUT2D eigenvalue weighted by Gasteiger charge is -2.44. The highest BCUT2D eigenvalue weighted by Gasteiger charge is 2.40. The molecule has 0 atom stereocenters. The lowest BCUT2D eigenvalue weighted by Crippen LogP contribution is -2.51. The molecule has 0 aliphatic heterocycles. The molecule has 2 nitrogen and oxygen atoms in total. The summed E-state index contributed by atoms with van der Waals surface area (Å²) >= 11 is 3.49. The van der Waals surface area contributed by atoms with Crippen molar-refractivity contribution >= 4 is 21.8 Å². The van der Waals surface area contributed by atoms with E-state index in [9.17, 15) is 4.79 Å². The Kier molecular flexibility index (Phi) is 5.11. The minimum atomic E-state index is -0.0554. The zero-order chi connectivity index (χ0) is 13.0. The van der Waals surface area contributed by atoms with E-state index < -0.39 is 0 Å². The molecular weight excluding hydrogens is 290 g/mol. The van der Waals surface area contributed by atoms with Crippen LogP contribution in [-0.2, 0) is 4.79 Å². The summed E-state index contributed by atoms with van der Waals surface area (Å²) in [5.41, 5.74) is -0.0554. The van der Waals surface area contributed by atoms with Crippen LogP contribution in [0.15, 0.2) is 0 Å². The van der Waals surface area contributed by atoms with Crippen molar-refractivity contribution in [2.45, 2.75) is 70.8 Å². The van der Waals surface area contributed by atoms with Gasteiger partial charge >= 0.3 is 0 Å². The number of halogens is 1. The van der Waals surface area contributed by atoms with E-state index in [1.807, 2.05) is 0 Å². The molecule has 0 bridgehead atoms. The van der Waals surface area contributed by atoms with Gasteiger partial charge in [-0.1, -0.05) is 42.1 Å². The van der Waals surface area contributed by atoms with Crippen LogP contribution in [0.3, 0.4) is 0 Å². The van der Waals surface area contributed by atoms with E-state index in [4.69, 9.17) is 0 Å². The third-order valence-corrected chi connectivity index (χ3v) is 5.34. The maximum Gasteiger partial charge on any atom is 0.228 e. The third-order valence-electron chi connectivity index (χ3n) is 4.78. The Balaban J connectivity index is 2.01. The zero-order valence-corrected chi connectivity index (χ0v) is 13.2. The fraction of sp³-hybridized carbons (Fsp3) is 0.933. The number of amides is 1. The molecule has 0 aromatic carbocycles. The first kappa shape index (κ1) is 14.4. The predicted molar refractivity (Wildman–Crippen MR) is 79.0 cm³/mol. The highest BCUT2D eigenvalue weighted by Crippen LogP contribution is 2.39. The van der Waals surface area contributed by atoms with Crippen molar-refractivity contribution in [2.24, 2.45) is 5.41 Å². The van der Waals surface area contributed by atoms with Crippen LogP contribution in [-0.4, -0.2) is 28.7 Å². The molecule has 0 radical (unpaired) electrons. The number of carbonyl (C=O) groups is 1. The number of hydrogen-bond donors (Lipinski definition) is 0. The minimum Gasteiger partial charge on any atom is -0.339 e. The summed E-state index contributed by atoms with van der Waals surface area (Å²) in [7, 11) is 0. The Hall–Kier alpha value is -0.0500. The second-order valence-electron chi connectivity index (χ2n) is 6.25. The molecule has 0 aromatic heterocycles. The van der Waals surface area contributed by atoms with Crippen LogP contribution in [0.5, 0.6) is 0 Å². The van der Waals surface area contributed by atoms with E-state index in [2.05, 4.69) is 27.8 Å². The standard InChI is InChI=1S/C15H26BrNO/c1-15(9-3-2-4-10-15)14(18)17(12-6-11-16)13-7-5-8-13/h13H,2-12H2,1H3. The van der Waals surface area contributed by atoms with Crippen LogP contribution in [0, 0.1) is 5.41 Å². The van der Waals surface area contributed by atoms with Gasteiger partial charge in [0.15, 0.2) is 0 Å². The van der Waals surface area contributed by atoms with E-state index in [0.29, 0.717) is 11.9 Å². The van der Waals surface area contributed by atoms with Gasteiger partial charge in [-0.05, 0) is 38.5 Å². The highest BCUT2D eigenvalue weighted by atomic mass is 79.9. The molecule has 0 aromatic rings. The summed E-state index contributed by atoms with van der Waals surface area (Å²) < 4.78 is 0. The van der Waals surface area contributed by atoms with E-state index in [-0.39, 0.29) is 5.41 Å². The van der Waals surface area contributed by atoms with E-state index in [1.165, 1.54) is 38.5 Å². The summed E-state index contributed by atoms with van der Waals surface area (Å²) in [5.74, 6) is 0.452. The van der Waals surface area contributed by atoms with Gasteiger partial charge < -0.3 is 4.90 Å². The molecule has 2 rings (SSSR count). The van der Waals surface area contributed by atoms with Crippen LogP contribution in [0.1, 0.15) is 64.7 Å². The second kappa shape index (κ2) is 6.40. The van der Waals surface area contributed by atoms with E-state index in [1.54, 1.807) is 0 Å². The van der Waals surface area contributed by atoms with Crippen molar-refractivity contribution in [2.75, 3.05) is 11.9 Å². The van der Waals surface area contributed by atoms with Crippen molar-refractivity contribution in [3.63, 3.8) is 0 Å². The molecule has 2 aliphatic carbocycles. The van der Waals surface area contributed by atoms with Gasteiger partial charge in [0, 0.05) is 23.3 Å². The van der Waals surface area contributed by atoms with Crippen molar-refractivity contribution in [3.8, 4) is 0 Å². The average Bonchev–Trinajstić information content (AvgIpc) is 2.32. The Morgan fingerprint density at radius 3 is 2.39 bits per heavy atom. The summed E-state index contributed by atoms with van der Waals surface area (Å²) in [6.45, 7) is 3.15. The average molecular weight is 316 g/mol. The lowest BCUT2D eigenvalue weighted by molar-refractivity contribution is -0.147. The quantitative estimate of drug-likeness (QED) is 0.699. The molecule has 3 heteroatoms. The molecular formula is C15H26BrNO. The minimum absolute atomic E-state index is 0.0554. The molecule has 1 amide bonds. The van der Waals surface area contributed by atoms with Crippen molar-refractivity contribution in [1.82, 2.24) is 4.90 Å². The van der Waals surface area contributed by atoms with Gasteiger partial charge in [-0.3, -0.25) is 4.79 Å². The lowest BCUT2D eigenvalue weighted by atomic mass is 9.74. The number of alkyl halides is 1. The van der Waals surface area contributed by atoms with Crippen LogP contribution in [0.2, 0.25) is 0 Å². The Bertz CT molecular complexity index is 282. The van der Waals surface area contributed by atoms with Crippen molar-refractivity contribution < 1.29 is 4.79 Å². The van der Waals surface area contributed by atoms with E-state index >= 15 is 0 Å². The van der Waals surface area contributed by atoms with Crippen LogP contribution in [0.25, 0.3) is 0 Å². The molecule has 18 heavy (non-hydrogen) atoms. The van der Waals surface area contributed by atoms with Crippen molar-refractivity contribution in [3.05, 3.63) is 0 Å². The predicted octanol–water partition coefficient (Wildman–Crippen LogP) is 4.12. The Morgan fingerprint density at radius 1 is 1.22 bits per heavy atom. The van der Waals surface area contributed by atoms with Gasteiger partial charge in [-0.15, -0.1) is 0 Å². The number of hydrogen-bond acceptors (Lipinski definition) is 1. The fourth-order valence-electron chi connectivity index (χ4n) is 3.27. The molecule has 0 N–H and O–H groups in total. The summed E-state index contributed by atoms with van der Waals surface area (Å²) in [6, 6.07) is 0.551. The molecule has 2 saturated carbocycles. The smallest absolute Gasteiger partial charge is 0.228 e. The Morgan fingerprint density at radius 2 is 1.89 bits per heavy atom. The molecule has 104 valence electrons. The van der Waals surface area contributed by atoms with Gasteiger partial charge in [-0.2, -0.15) is 0 Å². The van der Waals surface area contributed by atoms with Gasteiger partial charge in [0.1, 0.15) is 0 Å². The largest absolute Gasteiger partial charge is 0.339 e. The zero-order valence-electron chi connectivity index (χ0n) is 11.6. The highest BCUT2D eigenvalue weighted by molar-refractivity contribution is 9.09. The van der Waals surface area contributed by atoms with Gasteiger partial charge in [-0.25, -0.2) is 0 Å².